The van der Waals surface area contributed by atoms with Crippen LogP contribution in [0.2, 0.25) is 0 Å². The lowest BCUT2D eigenvalue weighted by atomic mass is 9.80. The highest BCUT2D eigenvalue weighted by Gasteiger charge is 2.27. The van der Waals surface area contributed by atoms with Crippen LogP contribution in [-0.2, 0) is 11.2 Å². The molecule has 0 spiro atoms. The number of hydrogen-bond donors (Lipinski definition) is 0. The van der Waals surface area contributed by atoms with Gasteiger partial charge >= 0.3 is 5.97 Å². The minimum Gasteiger partial charge on any atom is -0.426 e. The van der Waals surface area contributed by atoms with E-state index in [1.165, 1.54) is 43.4 Å². The highest BCUT2D eigenvalue weighted by molar-refractivity contribution is 5.75. The van der Waals surface area contributed by atoms with Crippen LogP contribution < -0.4 is 4.74 Å². The van der Waals surface area contributed by atoms with Crippen LogP contribution >= 0.6 is 0 Å². The molecule has 1 fully saturated rings. The van der Waals surface area contributed by atoms with Gasteiger partial charge in [-0.25, -0.2) is 0 Å². The van der Waals surface area contributed by atoms with Crippen molar-refractivity contribution >= 4 is 5.97 Å². The van der Waals surface area contributed by atoms with Gasteiger partial charge in [0.15, 0.2) is 5.83 Å². The van der Waals surface area contributed by atoms with E-state index in [0.717, 1.165) is 44.9 Å². The minimum atomic E-state index is -0.771. The van der Waals surface area contributed by atoms with Gasteiger partial charge in [0.25, 0.3) is 0 Å². The molecule has 162 valence electrons. The number of hydrogen-bond acceptors (Lipinski definition) is 3. The molecule has 1 saturated carbocycles. The zero-order valence-corrected chi connectivity index (χ0v) is 18.1. The maximum Gasteiger partial charge on any atom is 0.314 e. The van der Waals surface area contributed by atoms with Crippen LogP contribution in [0, 0.1) is 23.2 Å². The molecule has 0 radical (unpaired) electrons. The molecular weight excluding hydrogens is 377 g/mol. The third kappa shape index (κ3) is 8.95. The quantitative estimate of drug-likeness (QED) is 0.127. The number of carbonyl (C=O) groups excluding carboxylic acids is 1. The standard InChI is InChI=1S/C26H34FNO2/c1-2-3-4-6-9-22-14-18-25(19-15-22)30-26(29)23-16-12-21(13-17-23)10-7-5-8-11-24(27)20-28/h5,8,11,14-15,18-19,21,23H,2-4,6-7,9-10,12-13,16-17H2,1H3/t21-,23-. The third-order valence-corrected chi connectivity index (χ3v) is 5.87. The van der Waals surface area contributed by atoms with Crippen LogP contribution in [-0.4, -0.2) is 5.97 Å². The van der Waals surface area contributed by atoms with Crippen LogP contribution in [0.5, 0.6) is 5.75 Å². The van der Waals surface area contributed by atoms with E-state index in [2.05, 4.69) is 19.1 Å². The number of halogens is 1. The van der Waals surface area contributed by atoms with E-state index < -0.39 is 5.83 Å². The summed E-state index contributed by atoms with van der Waals surface area (Å²) in [5.74, 6) is 0.337. The number of nitrogens with zero attached hydrogens (tertiary/aromatic N) is 1. The molecule has 0 aliphatic heterocycles. The van der Waals surface area contributed by atoms with Crippen LogP contribution in [0.4, 0.5) is 4.39 Å². The summed E-state index contributed by atoms with van der Waals surface area (Å²) < 4.78 is 18.3. The molecule has 0 heterocycles. The van der Waals surface area contributed by atoms with Crippen molar-refractivity contribution in [1.29, 1.82) is 5.26 Å². The second-order valence-electron chi connectivity index (χ2n) is 8.23. The SMILES string of the molecule is CCCCCCc1ccc(OC(=O)[C@H]2CC[C@H](CCC=CC=C(F)C#N)CC2)cc1. The highest BCUT2D eigenvalue weighted by Crippen LogP contribution is 2.32. The molecule has 0 bridgehead atoms. The van der Waals surface area contributed by atoms with Gasteiger partial charge in [0.1, 0.15) is 11.8 Å². The predicted molar refractivity (Wildman–Crippen MR) is 119 cm³/mol. The lowest BCUT2D eigenvalue weighted by molar-refractivity contribution is -0.140. The van der Waals surface area contributed by atoms with Crippen LogP contribution in [0.3, 0.4) is 0 Å². The van der Waals surface area contributed by atoms with Crippen LogP contribution in [0.1, 0.15) is 76.7 Å². The number of nitriles is 1. The molecule has 1 aromatic carbocycles. The summed E-state index contributed by atoms with van der Waals surface area (Å²) >= 11 is 0. The molecule has 4 heteroatoms. The van der Waals surface area contributed by atoms with Crippen molar-refractivity contribution < 1.29 is 13.9 Å². The normalized spacial score (nSPS) is 19.6. The molecule has 1 aliphatic rings. The maximum atomic E-state index is 12.7. The van der Waals surface area contributed by atoms with Gasteiger partial charge in [-0.05, 0) is 81.1 Å². The first-order chi connectivity index (χ1) is 14.6. The largest absolute Gasteiger partial charge is 0.426 e. The average Bonchev–Trinajstić information content (AvgIpc) is 2.77. The Morgan fingerprint density at radius 2 is 1.90 bits per heavy atom. The number of rotatable bonds is 11. The molecule has 0 aromatic heterocycles. The minimum absolute atomic E-state index is 0.0156. The number of aryl methyl sites for hydroxylation is 1. The van der Waals surface area contributed by atoms with Gasteiger partial charge in [0.05, 0.1) is 5.92 Å². The van der Waals surface area contributed by atoms with Gasteiger partial charge in [-0.2, -0.15) is 9.65 Å². The Kier molecular flexibility index (Phi) is 10.9. The predicted octanol–water partition coefficient (Wildman–Crippen LogP) is 7.23. The Labute approximate surface area is 180 Å². The Morgan fingerprint density at radius 1 is 1.17 bits per heavy atom. The van der Waals surface area contributed by atoms with Gasteiger partial charge in [0, 0.05) is 0 Å². The van der Waals surface area contributed by atoms with Crippen molar-refractivity contribution in [3.05, 3.63) is 53.9 Å². The van der Waals surface area contributed by atoms with E-state index in [1.54, 1.807) is 6.08 Å². The summed E-state index contributed by atoms with van der Waals surface area (Å²) in [6.45, 7) is 2.22. The molecule has 3 nitrogen and oxygen atoms in total. The zero-order valence-electron chi connectivity index (χ0n) is 18.1. The summed E-state index contributed by atoms with van der Waals surface area (Å²) in [6, 6.07) is 9.41. The number of allylic oxidation sites excluding steroid dienone is 4. The van der Waals surface area contributed by atoms with Crippen molar-refractivity contribution in [1.82, 2.24) is 0 Å². The van der Waals surface area contributed by atoms with Crippen LogP contribution in [0.15, 0.2) is 48.3 Å². The van der Waals surface area contributed by atoms with E-state index in [1.807, 2.05) is 18.2 Å². The molecule has 0 amide bonds. The van der Waals surface area contributed by atoms with Gasteiger partial charge in [-0.15, -0.1) is 0 Å². The van der Waals surface area contributed by atoms with Crippen molar-refractivity contribution in [2.75, 3.05) is 0 Å². The fraction of sp³-hybridized carbons (Fsp3) is 0.538. The fourth-order valence-electron chi connectivity index (χ4n) is 3.98. The number of unbranched alkanes of at least 4 members (excludes halogenated alkanes) is 3. The first kappa shape index (κ1) is 23.9. The zero-order chi connectivity index (χ0) is 21.6. The van der Waals surface area contributed by atoms with Crippen molar-refractivity contribution in [2.45, 2.75) is 77.6 Å². The van der Waals surface area contributed by atoms with Crippen molar-refractivity contribution in [3.63, 3.8) is 0 Å². The Balaban J connectivity index is 1.67. The molecule has 0 atom stereocenters. The fourth-order valence-corrected chi connectivity index (χ4v) is 3.98. The lowest BCUT2D eigenvalue weighted by Gasteiger charge is -2.26. The van der Waals surface area contributed by atoms with Gasteiger partial charge < -0.3 is 4.74 Å². The third-order valence-electron chi connectivity index (χ3n) is 5.87. The molecule has 0 saturated heterocycles. The monoisotopic (exact) mass is 411 g/mol. The molecule has 2 rings (SSSR count). The number of esters is 1. The topological polar surface area (TPSA) is 50.1 Å². The number of ether oxygens (including phenoxy) is 1. The van der Waals surface area contributed by atoms with Gasteiger partial charge in [-0.3, -0.25) is 4.79 Å². The Hall–Kier alpha value is -2.41. The molecule has 30 heavy (non-hydrogen) atoms. The number of carbonyl (C=O) groups is 1. The van der Waals surface area contributed by atoms with Crippen molar-refractivity contribution in [2.24, 2.45) is 11.8 Å². The van der Waals surface area contributed by atoms with E-state index >= 15 is 0 Å². The van der Waals surface area contributed by atoms with Gasteiger partial charge in [0.2, 0.25) is 0 Å². The second kappa shape index (κ2) is 13.7. The summed E-state index contributed by atoms with van der Waals surface area (Å²) in [6.07, 6.45) is 16.4. The molecular formula is C26H34FNO2. The first-order valence-corrected chi connectivity index (χ1v) is 11.4. The van der Waals surface area contributed by atoms with E-state index in [4.69, 9.17) is 10.00 Å². The average molecular weight is 412 g/mol. The summed E-state index contributed by atoms with van der Waals surface area (Å²) in [5.41, 5.74) is 1.30. The second-order valence-corrected chi connectivity index (χ2v) is 8.23. The molecule has 0 unspecified atom stereocenters. The smallest absolute Gasteiger partial charge is 0.314 e. The van der Waals surface area contributed by atoms with Gasteiger partial charge in [-0.1, -0.05) is 50.5 Å². The Bertz CT molecular complexity index is 737. The molecule has 1 aliphatic carbocycles. The highest BCUT2D eigenvalue weighted by atomic mass is 19.1. The summed E-state index contributed by atoms with van der Waals surface area (Å²) in [5, 5.41) is 8.35. The van der Waals surface area contributed by atoms with Crippen LogP contribution in [0.25, 0.3) is 0 Å². The molecule has 0 N–H and O–H groups in total. The maximum absolute atomic E-state index is 12.7. The Morgan fingerprint density at radius 3 is 2.57 bits per heavy atom. The lowest BCUT2D eigenvalue weighted by Crippen LogP contribution is -2.25. The first-order valence-electron chi connectivity index (χ1n) is 11.4. The van der Waals surface area contributed by atoms with E-state index in [9.17, 15) is 9.18 Å². The summed E-state index contributed by atoms with van der Waals surface area (Å²) in [4.78, 5) is 12.5. The van der Waals surface area contributed by atoms with E-state index in [-0.39, 0.29) is 11.9 Å². The summed E-state index contributed by atoms with van der Waals surface area (Å²) in [7, 11) is 0. The molecule has 1 aromatic rings. The number of benzene rings is 1. The van der Waals surface area contributed by atoms with E-state index in [0.29, 0.717) is 11.7 Å². The van der Waals surface area contributed by atoms with Crippen molar-refractivity contribution in [3.8, 4) is 11.8 Å².